The van der Waals surface area contributed by atoms with E-state index in [0.717, 1.165) is 9.69 Å². The molecule has 0 radical (unpaired) electrons. The molecule has 0 heterocycles. The van der Waals surface area contributed by atoms with Gasteiger partial charge in [0, 0.05) is 26.1 Å². The molecule has 0 spiro atoms. The van der Waals surface area contributed by atoms with Gasteiger partial charge < -0.3 is 9.84 Å². The number of benzene rings is 2. The lowest BCUT2D eigenvalue weighted by molar-refractivity contribution is 0.0554. The molecule has 0 aliphatic carbocycles. The van der Waals surface area contributed by atoms with Gasteiger partial charge in [-0.15, -0.1) is 0 Å². The molecule has 114 valence electrons. The molecule has 1 N–H and O–H groups in total. The third-order valence-corrected chi connectivity index (χ3v) is 5.15. The van der Waals surface area contributed by atoms with Crippen LogP contribution in [0.4, 0.5) is 0 Å². The van der Waals surface area contributed by atoms with Crippen LogP contribution < -0.4 is 0 Å². The summed E-state index contributed by atoms with van der Waals surface area (Å²) in [4.78, 5) is 0.243. The number of aliphatic hydroxyl groups excluding tert-OH is 1. The highest BCUT2D eigenvalue weighted by molar-refractivity contribution is 7.89. The number of nitrogens with zero attached hydrogens (tertiary/aromatic N) is 1. The molecule has 2 aromatic carbocycles. The Morgan fingerprint density at radius 3 is 2.57 bits per heavy atom. The molecular weight excluding hydrogens is 290 g/mol. The Kier molecular flexibility index (Phi) is 4.95. The predicted molar refractivity (Wildman–Crippen MR) is 81.6 cm³/mol. The maximum atomic E-state index is 12.7. The van der Waals surface area contributed by atoms with Crippen molar-refractivity contribution in [1.82, 2.24) is 4.31 Å². The molecule has 0 fully saturated rings. The maximum absolute atomic E-state index is 12.7. The van der Waals surface area contributed by atoms with Crippen LogP contribution in [0.1, 0.15) is 0 Å². The highest BCUT2D eigenvalue weighted by Crippen LogP contribution is 2.25. The van der Waals surface area contributed by atoms with Crippen molar-refractivity contribution >= 4 is 20.8 Å². The number of likely N-dealkylation sites (N-methyl/N-ethyl adjacent to an activating group) is 1. The van der Waals surface area contributed by atoms with Crippen molar-refractivity contribution in [1.29, 1.82) is 0 Å². The number of methoxy groups -OCH3 is 1. The van der Waals surface area contributed by atoms with Gasteiger partial charge in [-0.3, -0.25) is 0 Å². The van der Waals surface area contributed by atoms with Crippen LogP contribution in [0.2, 0.25) is 0 Å². The molecule has 0 aliphatic heterocycles. The van der Waals surface area contributed by atoms with E-state index in [-0.39, 0.29) is 18.0 Å². The molecule has 0 bridgehead atoms. The van der Waals surface area contributed by atoms with Gasteiger partial charge in [-0.25, -0.2) is 8.42 Å². The fraction of sp³-hybridized carbons (Fsp3) is 0.333. The third-order valence-electron chi connectivity index (χ3n) is 3.26. The zero-order valence-corrected chi connectivity index (χ0v) is 12.9. The quantitative estimate of drug-likeness (QED) is 0.877. The number of sulfonamides is 1. The molecule has 0 saturated heterocycles. The minimum Gasteiger partial charge on any atom is -0.389 e. The van der Waals surface area contributed by atoms with E-state index in [2.05, 4.69) is 0 Å². The molecule has 5 nitrogen and oxygen atoms in total. The first-order chi connectivity index (χ1) is 9.96. The van der Waals surface area contributed by atoms with Gasteiger partial charge in [0.15, 0.2) is 0 Å². The highest BCUT2D eigenvalue weighted by Gasteiger charge is 2.24. The second-order valence-corrected chi connectivity index (χ2v) is 6.89. The van der Waals surface area contributed by atoms with E-state index < -0.39 is 16.1 Å². The smallest absolute Gasteiger partial charge is 0.243 e. The molecule has 2 aromatic rings. The van der Waals surface area contributed by atoms with Crippen molar-refractivity contribution in [2.24, 2.45) is 0 Å². The van der Waals surface area contributed by atoms with E-state index in [1.54, 1.807) is 24.3 Å². The van der Waals surface area contributed by atoms with E-state index in [4.69, 9.17) is 4.74 Å². The van der Waals surface area contributed by atoms with E-state index in [0.29, 0.717) is 5.39 Å². The van der Waals surface area contributed by atoms with Crippen LogP contribution in [0.15, 0.2) is 47.4 Å². The van der Waals surface area contributed by atoms with Crippen molar-refractivity contribution in [3.63, 3.8) is 0 Å². The number of hydrogen-bond acceptors (Lipinski definition) is 4. The van der Waals surface area contributed by atoms with Crippen LogP contribution in [0.5, 0.6) is 0 Å². The van der Waals surface area contributed by atoms with Gasteiger partial charge in [-0.05, 0) is 11.5 Å². The molecule has 1 unspecified atom stereocenters. The average Bonchev–Trinajstić information content (AvgIpc) is 2.46. The van der Waals surface area contributed by atoms with Crippen molar-refractivity contribution in [3.05, 3.63) is 42.5 Å². The number of ether oxygens (including phenoxy) is 1. The lowest BCUT2D eigenvalue weighted by Crippen LogP contribution is -2.36. The summed E-state index contributed by atoms with van der Waals surface area (Å²) in [6.45, 7) is 0.0782. The first kappa shape index (κ1) is 15.9. The van der Waals surface area contributed by atoms with Gasteiger partial charge in [-0.1, -0.05) is 36.4 Å². The topological polar surface area (TPSA) is 66.8 Å². The molecule has 0 aromatic heterocycles. The predicted octanol–water partition coefficient (Wildman–Crippen LogP) is 1.47. The van der Waals surface area contributed by atoms with Crippen LogP contribution in [0, 0.1) is 0 Å². The standard InChI is InChI=1S/C15H19NO4S/c1-16(10-13(17)11-20-2)21(18,19)15-9-5-7-12-6-3-4-8-14(12)15/h3-9,13,17H,10-11H2,1-2H3. The summed E-state index contributed by atoms with van der Waals surface area (Å²) in [5.74, 6) is 0. The van der Waals surface area contributed by atoms with E-state index in [1.807, 2.05) is 18.2 Å². The van der Waals surface area contributed by atoms with Gasteiger partial charge in [0.25, 0.3) is 0 Å². The zero-order chi connectivity index (χ0) is 15.5. The van der Waals surface area contributed by atoms with Gasteiger partial charge in [-0.2, -0.15) is 4.31 Å². The minimum atomic E-state index is -3.66. The molecule has 2 rings (SSSR count). The van der Waals surface area contributed by atoms with Gasteiger partial charge >= 0.3 is 0 Å². The summed E-state index contributed by atoms with van der Waals surface area (Å²) < 4.78 is 31.3. The molecule has 1 atom stereocenters. The Morgan fingerprint density at radius 1 is 1.19 bits per heavy atom. The second-order valence-electron chi connectivity index (χ2n) is 4.87. The summed E-state index contributed by atoms with van der Waals surface area (Å²) >= 11 is 0. The van der Waals surface area contributed by atoms with Crippen LogP contribution in [-0.2, 0) is 14.8 Å². The summed E-state index contributed by atoms with van der Waals surface area (Å²) in [6, 6.07) is 12.5. The average molecular weight is 309 g/mol. The lowest BCUT2D eigenvalue weighted by atomic mass is 10.1. The molecule has 6 heteroatoms. The first-order valence-electron chi connectivity index (χ1n) is 6.58. The Hall–Kier alpha value is -1.47. The monoisotopic (exact) mass is 309 g/mol. The summed E-state index contributed by atoms with van der Waals surface area (Å²) in [6.07, 6.45) is -0.857. The van der Waals surface area contributed by atoms with Crippen molar-refractivity contribution < 1.29 is 18.3 Å². The van der Waals surface area contributed by atoms with Crippen molar-refractivity contribution in [2.75, 3.05) is 27.3 Å². The SMILES string of the molecule is COCC(O)CN(C)S(=O)(=O)c1cccc2ccccc12. The fourth-order valence-corrected chi connectivity index (χ4v) is 3.65. The summed E-state index contributed by atoms with van der Waals surface area (Å²) in [5, 5.41) is 11.3. The van der Waals surface area contributed by atoms with Gasteiger partial charge in [0.05, 0.1) is 17.6 Å². The number of aliphatic hydroxyl groups is 1. The van der Waals surface area contributed by atoms with Crippen molar-refractivity contribution in [3.8, 4) is 0 Å². The lowest BCUT2D eigenvalue weighted by Gasteiger charge is -2.21. The second kappa shape index (κ2) is 6.53. The largest absolute Gasteiger partial charge is 0.389 e. The maximum Gasteiger partial charge on any atom is 0.243 e. The third kappa shape index (κ3) is 3.41. The number of hydrogen-bond donors (Lipinski definition) is 1. The number of fused-ring (bicyclic) bond motifs is 1. The Morgan fingerprint density at radius 2 is 1.86 bits per heavy atom. The molecule has 0 saturated carbocycles. The van der Waals surface area contributed by atoms with Crippen LogP contribution in [0.3, 0.4) is 0 Å². The van der Waals surface area contributed by atoms with Crippen molar-refractivity contribution in [2.45, 2.75) is 11.0 Å². The van der Waals surface area contributed by atoms with Crippen LogP contribution >= 0.6 is 0 Å². The fourth-order valence-electron chi connectivity index (χ4n) is 2.23. The van der Waals surface area contributed by atoms with Gasteiger partial charge in [0.2, 0.25) is 10.0 Å². The van der Waals surface area contributed by atoms with Gasteiger partial charge in [0.1, 0.15) is 0 Å². The molecular formula is C15H19NO4S. The first-order valence-corrected chi connectivity index (χ1v) is 8.02. The highest BCUT2D eigenvalue weighted by atomic mass is 32.2. The molecule has 21 heavy (non-hydrogen) atoms. The summed E-state index contributed by atoms with van der Waals surface area (Å²) in [7, 11) is -0.746. The minimum absolute atomic E-state index is 0.0145. The van der Waals surface area contributed by atoms with E-state index in [9.17, 15) is 13.5 Å². The zero-order valence-electron chi connectivity index (χ0n) is 12.1. The Balaban J connectivity index is 2.38. The van der Waals surface area contributed by atoms with Crippen LogP contribution in [-0.4, -0.2) is 51.2 Å². The number of rotatable bonds is 6. The normalized spacial score (nSPS) is 13.7. The molecule has 0 aliphatic rings. The van der Waals surface area contributed by atoms with E-state index in [1.165, 1.54) is 14.2 Å². The Bertz CT molecular complexity index is 709. The Labute approximate surface area is 124 Å². The summed E-state index contributed by atoms with van der Waals surface area (Å²) in [5.41, 5.74) is 0. The molecule has 0 amide bonds. The van der Waals surface area contributed by atoms with Crippen LogP contribution in [0.25, 0.3) is 10.8 Å². The van der Waals surface area contributed by atoms with E-state index >= 15 is 0 Å².